The zero-order valence-electron chi connectivity index (χ0n) is 9.24. The van der Waals surface area contributed by atoms with E-state index in [0.717, 1.165) is 23.6 Å². The summed E-state index contributed by atoms with van der Waals surface area (Å²) in [5.74, 6) is 1.90. The van der Waals surface area contributed by atoms with Crippen LogP contribution in [0.4, 0.5) is 5.69 Å². The average Bonchev–Trinajstić information content (AvgIpc) is 3.07. The van der Waals surface area contributed by atoms with Crippen molar-refractivity contribution in [1.29, 1.82) is 0 Å². The highest BCUT2D eigenvalue weighted by Crippen LogP contribution is 2.45. The van der Waals surface area contributed by atoms with E-state index in [0.29, 0.717) is 0 Å². The minimum Gasteiger partial charge on any atom is -0.382 e. The van der Waals surface area contributed by atoms with Gasteiger partial charge in [-0.05, 0) is 56.6 Å². The van der Waals surface area contributed by atoms with Crippen LogP contribution in [0.25, 0.3) is 0 Å². The first-order valence-electron chi connectivity index (χ1n) is 6.02. The molecule has 0 aliphatic heterocycles. The number of hydrogen-bond acceptors (Lipinski definition) is 2. The maximum atomic E-state index is 4.23. The molecular weight excluding hydrogens is 184 g/mol. The van der Waals surface area contributed by atoms with Crippen LogP contribution < -0.4 is 5.32 Å². The van der Waals surface area contributed by atoms with Crippen LogP contribution in [-0.2, 0) is 0 Å². The van der Waals surface area contributed by atoms with Crippen molar-refractivity contribution in [1.82, 2.24) is 4.98 Å². The Bertz CT molecular complexity index is 341. The van der Waals surface area contributed by atoms with Crippen molar-refractivity contribution < 1.29 is 0 Å². The zero-order chi connectivity index (χ0) is 10.3. The number of nitrogens with zero attached hydrogens (tertiary/aromatic N) is 1. The van der Waals surface area contributed by atoms with E-state index < -0.39 is 0 Å². The van der Waals surface area contributed by atoms with E-state index >= 15 is 0 Å². The molecule has 0 spiro atoms. The van der Waals surface area contributed by atoms with Gasteiger partial charge in [-0.25, -0.2) is 0 Å². The number of aryl methyl sites for hydroxylation is 1. The monoisotopic (exact) mass is 202 g/mol. The molecular formula is C13H18N2. The van der Waals surface area contributed by atoms with Crippen molar-refractivity contribution in [3.05, 3.63) is 24.0 Å². The highest BCUT2D eigenvalue weighted by molar-refractivity contribution is 5.44. The van der Waals surface area contributed by atoms with Crippen LogP contribution in [0, 0.1) is 18.8 Å². The first kappa shape index (κ1) is 9.20. The summed E-state index contributed by atoms with van der Waals surface area (Å²) in [5.41, 5.74) is 2.36. The summed E-state index contributed by atoms with van der Waals surface area (Å²) >= 11 is 0. The average molecular weight is 202 g/mol. The summed E-state index contributed by atoms with van der Waals surface area (Å²) in [7, 11) is 0. The van der Waals surface area contributed by atoms with Gasteiger partial charge >= 0.3 is 0 Å². The summed E-state index contributed by atoms with van der Waals surface area (Å²) in [4.78, 5) is 4.23. The SMILES string of the molecule is Cc1cc(NC(C2CC2)C2CC2)ccn1. The lowest BCUT2D eigenvalue weighted by Gasteiger charge is -2.19. The first-order chi connectivity index (χ1) is 7.33. The van der Waals surface area contributed by atoms with E-state index in [-0.39, 0.29) is 0 Å². The molecule has 1 N–H and O–H groups in total. The molecule has 0 radical (unpaired) electrons. The maximum Gasteiger partial charge on any atom is 0.0393 e. The predicted molar refractivity (Wildman–Crippen MR) is 61.8 cm³/mol. The molecule has 3 rings (SSSR count). The molecule has 2 aliphatic carbocycles. The smallest absolute Gasteiger partial charge is 0.0393 e. The fourth-order valence-electron chi connectivity index (χ4n) is 2.36. The molecule has 2 fully saturated rings. The third-order valence-electron chi connectivity index (χ3n) is 3.49. The molecule has 0 aromatic carbocycles. The topological polar surface area (TPSA) is 24.9 Å². The van der Waals surface area contributed by atoms with Gasteiger partial charge in [-0.3, -0.25) is 4.98 Å². The minimum absolute atomic E-state index is 0.742. The summed E-state index contributed by atoms with van der Waals surface area (Å²) in [6.07, 6.45) is 7.61. The Balaban J connectivity index is 1.71. The van der Waals surface area contributed by atoms with Crippen LogP contribution in [0.5, 0.6) is 0 Å². The largest absolute Gasteiger partial charge is 0.382 e. The molecule has 0 saturated heterocycles. The van der Waals surface area contributed by atoms with Gasteiger partial charge in [0.05, 0.1) is 0 Å². The Morgan fingerprint density at radius 1 is 1.27 bits per heavy atom. The summed E-state index contributed by atoms with van der Waals surface area (Å²) < 4.78 is 0. The van der Waals surface area contributed by atoms with Crippen LogP contribution >= 0.6 is 0 Å². The molecule has 2 saturated carbocycles. The Hall–Kier alpha value is -1.05. The van der Waals surface area contributed by atoms with Gasteiger partial charge in [-0.15, -0.1) is 0 Å². The maximum absolute atomic E-state index is 4.23. The van der Waals surface area contributed by atoms with Crippen molar-refractivity contribution >= 4 is 5.69 Å². The predicted octanol–water partition coefficient (Wildman–Crippen LogP) is 2.99. The van der Waals surface area contributed by atoms with Gasteiger partial charge in [-0.1, -0.05) is 0 Å². The Labute approximate surface area is 91.1 Å². The molecule has 2 aliphatic rings. The van der Waals surface area contributed by atoms with Crippen LogP contribution in [0.2, 0.25) is 0 Å². The lowest BCUT2D eigenvalue weighted by atomic mass is 10.1. The van der Waals surface area contributed by atoms with Gasteiger partial charge in [0.15, 0.2) is 0 Å². The molecule has 15 heavy (non-hydrogen) atoms. The van der Waals surface area contributed by atoms with Crippen molar-refractivity contribution in [3.63, 3.8) is 0 Å². The van der Waals surface area contributed by atoms with E-state index in [1.165, 1.54) is 31.4 Å². The minimum atomic E-state index is 0.742. The van der Waals surface area contributed by atoms with Crippen molar-refractivity contribution in [3.8, 4) is 0 Å². The molecule has 1 aromatic heterocycles. The second kappa shape index (κ2) is 3.51. The van der Waals surface area contributed by atoms with Gasteiger partial charge in [0.2, 0.25) is 0 Å². The highest BCUT2D eigenvalue weighted by atomic mass is 15.0. The van der Waals surface area contributed by atoms with Crippen molar-refractivity contribution in [2.45, 2.75) is 38.6 Å². The van der Waals surface area contributed by atoms with Crippen LogP contribution in [0.1, 0.15) is 31.4 Å². The van der Waals surface area contributed by atoms with Crippen molar-refractivity contribution in [2.75, 3.05) is 5.32 Å². The Kier molecular flexibility index (Phi) is 2.15. The third kappa shape index (κ3) is 2.14. The molecule has 2 heteroatoms. The number of nitrogens with one attached hydrogen (secondary N) is 1. The standard InChI is InChI=1S/C13H18N2/c1-9-8-12(6-7-14-9)15-13(10-2-3-10)11-4-5-11/h6-8,10-11,13H,2-5H2,1H3,(H,14,15). The molecule has 0 atom stereocenters. The molecule has 1 heterocycles. The Morgan fingerprint density at radius 3 is 2.47 bits per heavy atom. The zero-order valence-corrected chi connectivity index (χ0v) is 9.24. The normalized spacial score (nSPS) is 20.7. The molecule has 0 amide bonds. The summed E-state index contributed by atoms with van der Waals surface area (Å²) in [5, 5.41) is 3.70. The lowest BCUT2D eigenvalue weighted by molar-refractivity contribution is 0.567. The van der Waals surface area contributed by atoms with Crippen molar-refractivity contribution in [2.24, 2.45) is 11.8 Å². The van der Waals surface area contributed by atoms with E-state index in [4.69, 9.17) is 0 Å². The third-order valence-corrected chi connectivity index (χ3v) is 3.49. The van der Waals surface area contributed by atoms with Gasteiger partial charge in [0.1, 0.15) is 0 Å². The van der Waals surface area contributed by atoms with Gasteiger partial charge < -0.3 is 5.32 Å². The van der Waals surface area contributed by atoms with E-state index in [1.54, 1.807) is 0 Å². The summed E-state index contributed by atoms with van der Waals surface area (Å²) in [6, 6.07) is 4.98. The van der Waals surface area contributed by atoms with Gasteiger partial charge in [0.25, 0.3) is 0 Å². The first-order valence-corrected chi connectivity index (χ1v) is 6.02. The van der Waals surface area contributed by atoms with Gasteiger partial charge in [-0.2, -0.15) is 0 Å². The second-order valence-corrected chi connectivity index (χ2v) is 5.03. The number of anilines is 1. The Morgan fingerprint density at radius 2 is 1.93 bits per heavy atom. The van der Waals surface area contributed by atoms with Gasteiger partial charge in [0, 0.05) is 23.6 Å². The second-order valence-electron chi connectivity index (χ2n) is 5.03. The molecule has 0 bridgehead atoms. The number of rotatable bonds is 4. The quantitative estimate of drug-likeness (QED) is 0.812. The fourth-order valence-corrected chi connectivity index (χ4v) is 2.36. The number of hydrogen-bond donors (Lipinski definition) is 1. The number of aromatic nitrogens is 1. The van der Waals surface area contributed by atoms with E-state index in [9.17, 15) is 0 Å². The van der Waals surface area contributed by atoms with Crippen LogP contribution in [-0.4, -0.2) is 11.0 Å². The molecule has 80 valence electrons. The lowest BCUT2D eigenvalue weighted by Crippen LogP contribution is -2.24. The van der Waals surface area contributed by atoms with Crippen LogP contribution in [0.15, 0.2) is 18.3 Å². The highest BCUT2D eigenvalue weighted by Gasteiger charge is 2.41. The van der Waals surface area contributed by atoms with E-state index in [2.05, 4.69) is 29.4 Å². The molecule has 0 unspecified atom stereocenters. The molecule has 1 aromatic rings. The number of pyridine rings is 1. The van der Waals surface area contributed by atoms with Crippen LogP contribution in [0.3, 0.4) is 0 Å². The fraction of sp³-hybridized carbons (Fsp3) is 0.615. The molecule has 2 nitrogen and oxygen atoms in total. The van der Waals surface area contributed by atoms with E-state index in [1.807, 2.05) is 6.20 Å². The summed E-state index contributed by atoms with van der Waals surface area (Å²) in [6.45, 7) is 2.05.